The van der Waals surface area contributed by atoms with Crippen molar-refractivity contribution in [1.29, 1.82) is 0 Å². The van der Waals surface area contributed by atoms with Gasteiger partial charge in [-0.05, 0) is 26.3 Å². The van der Waals surface area contributed by atoms with Gasteiger partial charge in [0.25, 0.3) is 0 Å². The molecule has 1 N–H and O–H groups in total. The predicted octanol–water partition coefficient (Wildman–Crippen LogP) is 3.29. The summed E-state index contributed by atoms with van der Waals surface area (Å²) in [6.07, 6.45) is 2.00. The number of hydrogen-bond acceptors (Lipinski definition) is 4. The van der Waals surface area contributed by atoms with E-state index in [1.54, 1.807) is 11.3 Å². The van der Waals surface area contributed by atoms with E-state index < -0.39 is 0 Å². The van der Waals surface area contributed by atoms with Crippen LogP contribution < -0.4 is 10.2 Å². The lowest BCUT2D eigenvalue weighted by Gasteiger charge is -2.27. The summed E-state index contributed by atoms with van der Waals surface area (Å²) in [5.41, 5.74) is 0. The van der Waals surface area contributed by atoms with Crippen molar-refractivity contribution in [3.8, 4) is 0 Å². The van der Waals surface area contributed by atoms with Crippen molar-refractivity contribution in [3.63, 3.8) is 0 Å². The van der Waals surface area contributed by atoms with Crippen LogP contribution in [0.3, 0.4) is 0 Å². The molecule has 0 saturated heterocycles. The Morgan fingerprint density at radius 3 is 2.53 bits per heavy atom. The minimum atomic E-state index is 0.397. The molecule has 0 radical (unpaired) electrons. The molecule has 1 rings (SSSR count). The van der Waals surface area contributed by atoms with Crippen LogP contribution in [0.4, 0.5) is 5.13 Å². The quantitative estimate of drug-likeness (QED) is 0.845. The van der Waals surface area contributed by atoms with E-state index in [9.17, 15) is 0 Å². The number of nitrogens with zero attached hydrogens (tertiary/aromatic N) is 2. The van der Waals surface area contributed by atoms with Crippen LogP contribution >= 0.6 is 11.3 Å². The SMILES string of the molecule is CCNC(C)c1cnc(N(C)C(C)C(C)C)s1. The normalized spacial score (nSPS) is 15.0. The van der Waals surface area contributed by atoms with Crippen LogP contribution in [-0.4, -0.2) is 24.6 Å². The minimum Gasteiger partial charge on any atom is -0.348 e. The highest BCUT2D eigenvalue weighted by Crippen LogP contribution is 2.28. The zero-order chi connectivity index (χ0) is 13.0. The van der Waals surface area contributed by atoms with Crippen LogP contribution in [0.15, 0.2) is 6.20 Å². The van der Waals surface area contributed by atoms with Gasteiger partial charge in [-0.15, -0.1) is 11.3 Å². The Morgan fingerprint density at radius 1 is 1.35 bits per heavy atom. The summed E-state index contributed by atoms with van der Waals surface area (Å²) >= 11 is 1.79. The van der Waals surface area contributed by atoms with Gasteiger partial charge in [0.15, 0.2) is 5.13 Å². The summed E-state index contributed by atoms with van der Waals surface area (Å²) in [5, 5.41) is 4.53. The maximum atomic E-state index is 4.53. The molecule has 3 nitrogen and oxygen atoms in total. The molecular weight excluding hydrogens is 230 g/mol. The Hall–Kier alpha value is -0.610. The summed E-state index contributed by atoms with van der Waals surface area (Å²) < 4.78 is 0. The van der Waals surface area contributed by atoms with Crippen LogP contribution in [0.2, 0.25) is 0 Å². The molecule has 0 bridgehead atoms. The fourth-order valence-corrected chi connectivity index (χ4v) is 2.66. The van der Waals surface area contributed by atoms with E-state index in [-0.39, 0.29) is 0 Å². The first kappa shape index (κ1) is 14.5. The second-order valence-electron chi connectivity index (χ2n) is 4.92. The van der Waals surface area contributed by atoms with Gasteiger partial charge in [0.05, 0.1) is 0 Å². The van der Waals surface area contributed by atoms with Gasteiger partial charge in [-0.2, -0.15) is 0 Å². The van der Waals surface area contributed by atoms with E-state index in [0.29, 0.717) is 18.0 Å². The Kier molecular flexibility index (Phi) is 5.40. The largest absolute Gasteiger partial charge is 0.348 e. The second-order valence-corrected chi connectivity index (χ2v) is 5.96. The maximum Gasteiger partial charge on any atom is 0.185 e. The Balaban J connectivity index is 2.73. The summed E-state index contributed by atoms with van der Waals surface area (Å²) in [6.45, 7) is 12.1. The van der Waals surface area contributed by atoms with Crippen LogP contribution in [-0.2, 0) is 0 Å². The zero-order valence-corrected chi connectivity index (χ0v) is 12.6. The molecule has 1 heterocycles. The van der Waals surface area contributed by atoms with E-state index in [2.05, 4.69) is 56.9 Å². The van der Waals surface area contributed by atoms with Gasteiger partial charge < -0.3 is 10.2 Å². The molecule has 0 aliphatic rings. The van der Waals surface area contributed by atoms with Crippen molar-refractivity contribution in [2.24, 2.45) is 5.92 Å². The number of thiazole rings is 1. The standard InChI is InChI=1S/C13H25N3S/c1-7-14-10(4)12-8-15-13(17-12)16(6)11(5)9(2)3/h8-11,14H,7H2,1-6H3. The minimum absolute atomic E-state index is 0.397. The van der Waals surface area contributed by atoms with Crippen molar-refractivity contribution in [3.05, 3.63) is 11.1 Å². The summed E-state index contributed by atoms with van der Waals surface area (Å²) in [7, 11) is 2.13. The Bertz CT molecular complexity index is 335. The average molecular weight is 255 g/mol. The molecule has 0 saturated carbocycles. The van der Waals surface area contributed by atoms with Crippen LogP contribution in [0.1, 0.15) is 45.5 Å². The van der Waals surface area contributed by atoms with E-state index >= 15 is 0 Å². The predicted molar refractivity (Wildman–Crippen MR) is 76.9 cm³/mol. The maximum absolute atomic E-state index is 4.53. The fraction of sp³-hybridized carbons (Fsp3) is 0.769. The van der Waals surface area contributed by atoms with E-state index in [1.807, 2.05) is 6.20 Å². The molecule has 2 atom stereocenters. The molecule has 2 unspecified atom stereocenters. The number of hydrogen-bond donors (Lipinski definition) is 1. The van der Waals surface area contributed by atoms with Crippen LogP contribution in [0.25, 0.3) is 0 Å². The molecular formula is C13H25N3S. The van der Waals surface area contributed by atoms with Gasteiger partial charge in [0.2, 0.25) is 0 Å². The van der Waals surface area contributed by atoms with Crippen LogP contribution in [0.5, 0.6) is 0 Å². The summed E-state index contributed by atoms with van der Waals surface area (Å²) in [6, 6.07) is 0.914. The van der Waals surface area contributed by atoms with Crippen molar-refractivity contribution in [2.45, 2.75) is 46.7 Å². The van der Waals surface area contributed by atoms with E-state index in [0.717, 1.165) is 11.7 Å². The van der Waals surface area contributed by atoms with Gasteiger partial charge in [0.1, 0.15) is 0 Å². The Morgan fingerprint density at radius 2 is 2.00 bits per heavy atom. The van der Waals surface area contributed by atoms with Crippen molar-refractivity contribution in [2.75, 3.05) is 18.5 Å². The number of aromatic nitrogens is 1. The molecule has 0 aliphatic carbocycles. The molecule has 1 aromatic rings. The topological polar surface area (TPSA) is 28.2 Å². The van der Waals surface area contributed by atoms with Gasteiger partial charge in [-0.25, -0.2) is 4.98 Å². The fourth-order valence-electron chi connectivity index (χ4n) is 1.67. The molecule has 98 valence electrons. The first-order chi connectivity index (χ1) is 7.97. The van der Waals surface area contributed by atoms with Gasteiger partial charge in [-0.1, -0.05) is 20.8 Å². The summed E-state index contributed by atoms with van der Waals surface area (Å²) in [4.78, 5) is 8.11. The number of anilines is 1. The van der Waals surface area contributed by atoms with Crippen molar-refractivity contribution >= 4 is 16.5 Å². The van der Waals surface area contributed by atoms with Gasteiger partial charge in [0, 0.05) is 30.2 Å². The monoisotopic (exact) mass is 255 g/mol. The van der Waals surface area contributed by atoms with Gasteiger partial charge in [-0.3, -0.25) is 0 Å². The lowest BCUT2D eigenvalue weighted by Crippen LogP contribution is -2.32. The number of nitrogens with one attached hydrogen (secondary N) is 1. The summed E-state index contributed by atoms with van der Waals surface area (Å²) in [5.74, 6) is 0.638. The van der Waals surface area contributed by atoms with E-state index in [1.165, 1.54) is 4.88 Å². The van der Waals surface area contributed by atoms with Gasteiger partial charge >= 0.3 is 0 Å². The molecule has 0 aliphatic heterocycles. The first-order valence-electron chi connectivity index (χ1n) is 6.39. The molecule has 0 aromatic carbocycles. The molecule has 0 spiro atoms. The third kappa shape index (κ3) is 3.68. The van der Waals surface area contributed by atoms with Crippen molar-refractivity contribution < 1.29 is 0 Å². The smallest absolute Gasteiger partial charge is 0.185 e. The van der Waals surface area contributed by atoms with E-state index in [4.69, 9.17) is 0 Å². The van der Waals surface area contributed by atoms with Crippen molar-refractivity contribution in [1.82, 2.24) is 10.3 Å². The molecule has 1 aromatic heterocycles. The number of rotatable bonds is 6. The highest BCUT2D eigenvalue weighted by atomic mass is 32.1. The molecule has 0 fully saturated rings. The highest BCUT2D eigenvalue weighted by molar-refractivity contribution is 7.15. The third-order valence-electron chi connectivity index (χ3n) is 3.33. The second kappa shape index (κ2) is 6.36. The lowest BCUT2D eigenvalue weighted by molar-refractivity contribution is 0.505. The lowest BCUT2D eigenvalue weighted by atomic mass is 10.1. The first-order valence-corrected chi connectivity index (χ1v) is 7.20. The molecule has 17 heavy (non-hydrogen) atoms. The molecule has 4 heteroatoms. The zero-order valence-electron chi connectivity index (χ0n) is 11.8. The third-order valence-corrected chi connectivity index (χ3v) is 4.60. The Labute approximate surface area is 109 Å². The molecule has 0 amide bonds. The average Bonchev–Trinajstić information content (AvgIpc) is 2.76. The highest BCUT2D eigenvalue weighted by Gasteiger charge is 2.17. The van der Waals surface area contributed by atoms with Crippen LogP contribution in [0, 0.1) is 5.92 Å².